The average molecular weight is 242 g/mol. The van der Waals surface area contributed by atoms with Crippen molar-refractivity contribution in [1.29, 1.82) is 0 Å². The Labute approximate surface area is 109 Å². The molecule has 0 unspecified atom stereocenters. The van der Waals surface area contributed by atoms with Crippen LogP contribution in [0.2, 0.25) is 0 Å². The molecule has 0 bridgehead atoms. The van der Waals surface area contributed by atoms with Crippen LogP contribution in [-0.4, -0.2) is 9.97 Å². The second-order valence-corrected chi connectivity index (χ2v) is 4.77. The number of nitrogens with zero attached hydrogens (tertiary/aromatic N) is 1. The van der Waals surface area contributed by atoms with Crippen LogP contribution in [0.15, 0.2) is 36.5 Å². The first-order valence-corrected chi connectivity index (χ1v) is 7.00. The Bertz CT molecular complexity index is 445. The van der Waals surface area contributed by atoms with Crippen LogP contribution in [0.3, 0.4) is 0 Å². The zero-order chi connectivity index (χ0) is 12.6. The van der Waals surface area contributed by atoms with Gasteiger partial charge in [0, 0.05) is 11.8 Å². The molecule has 2 heteroatoms. The second-order valence-electron chi connectivity index (χ2n) is 4.77. The summed E-state index contributed by atoms with van der Waals surface area (Å²) in [5.74, 6) is 0.985. The predicted molar refractivity (Wildman–Crippen MR) is 76.5 cm³/mol. The van der Waals surface area contributed by atoms with E-state index in [-0.39, 0.29) is 0 Å². The number of aromatic nitrogens is 2. The van der Waals surface area contributed by atoms with Crippen molar-refractivity contribution in [3.05, 3.63) is 42.2 Å². The molecule has 0 amide bonds. The number of hydrogen-bond acceptors (Lipinski definition) is 1. The summed E-state index contributed by atoms with van der Waals surface area (Å²) in [5, 5.41) is 0. The van der Waals surface area contributed by atoms with E-state index in [1.54, 1.807) is 0 Å². The Morgan fingerprint density at radius 1 is 1.00 bits per heavy atom. The topological polar surface area (TPSA) is 28.7 Å². The van der Waals surface area contributed by atoms with Crippen molar-refractivity contribution in [1.82, 2.24) is 9.97 Å². The molecule has 18 heavy (non-hydrogen) atoms. The molecule has 1 aromatic heterocycles. The molecule has 1 N–H and O–H groups in total. The summed E-state index contributed by atoms with van der Waals surface area (Å²) in [4.78, 5) is 7.91. The lowest BCUT2D eigenvalue weighted by molar-refractivity contribution is 0.629. The number of aryl methyl sites for hydroxylation is 1. The first-order valence-electron chi connectivity index (χ1n) is 7.00. The minimum absolute atomic E-state index is 0.985. The van der Waals surface area contributed by atoms with E-state index in [0.29, 0.717) is 0 Å². The summed E-state index contributed by atoms with van der Waals surface area (Å²) in [7, 11) is 0. The van der Waals surface area contributed by atoms with Gasteiger partial charge in [-0.1, -0.05) is 62.9 Å². The van der Waals surface area contributed by atoms with E-state index in [1.165, 1.54) is 37.8 Å². The van der Waals surface area contributed by atoms with Crippen LogP contribution >= 0.6 is 0 Å². The second kappa shape index (κ2) is 7.00. The normalized spacial score (nSPS) is 10.7. The van der Waals surface area contributed by atoms with Crippen molar-refractivity contribution in [2.45, 2.75) is 45.4 Å². The highest BCUT2D eigenvalue weighted by molar-refractivity contribution is 5.54. The number of imidazole rings is 1. The highest BCUT2D eigenvalue weighted by Gasteiger charge is 2.02. The predicted octanol–water partition coefficient (Wildman–Crippen LogP) is 4.59. The summed E-state index contributed by atoms with van der Waals surface area (Å²) >= 11 is 0. The molecule has 0 atom stereocenters. The lowest BCUT2D eigenvalue weighted by Gasteiger charge is -1.98. The molecular weight excluding hydrogens is 220 g/mol. The fourth-order valence-corrected chi connectivity index (χ4v) is 2.14. The zero-order valence-electron chi connectivity index (χ0n) is 11.2. The molecule has 0 fully saturated rings. The van der Waals surface area contributed by atoms with Gasteiger partial charge in [-0.25, -0.2) is 4.98 Å². The first-order chi connectivity index (χ1) is 8.90. The van der Waals surface area contributed by atoms with Crippen molar-refractivity contribution in [3.63, 3.8) is 0 Å². The molecular formula is C16H22N2. The van der Waals surface area contributed by atoms with Gasteiger partial charge in [-0.15, -0.1) is 0 Å². The van der Waals surface area contributed by atoms with E-state index in [9.17, 15) is 0 Å². The molecule has 0 saturated heterocycles. The average Bonchev–Trinajstić information content (AvgIpc) is 2.88. The maximum absolute atomic E-state index is 4.64. The van der Waals surface area contributed by atoms with Gasteiger partial charge in [0.15, 0.2) is 0 Å². The molecule has 2 aromatic rings. The Hall–Kier alpha value is -1.57. The van der Waals surface area contributed by atoms with Gasteiger partial charge in [0.1, 0.15) is 5.82 Å². The third-order valence-corrected chi connectivity index (χ3v) is 3.21. The first kappa shape index (κ1) is 12.9. The molecule has 2 rings (SSSR count). The molecule has 0 spiro atoms. The number of benzene rings is 1. The van der Waals surface area contributed by atoms with Crippen molar-refractivity contribution in [2.24, 2.45) is 0 Å². The van der Waals surface area contributed by atoms with E-state index < -0.39 is 0 Å². The number of unbranched alkanes of at least 4 members (excludes halogenated alkanes) is 4. The molecule has 96 valence electrons. The Kier molecular flexibility index (Phi) is 5.00. The lowest BCUT2D eigenvalue weighted by Crippen LogP contribution is -1.86. The van der Waals surface area contributed by atoms with Gasteiger partial charge in [0.2, 0.25) is 0 Å². The maximum atomic E-state index is 4.64. The fourth-order valence-electron chi connectivity index (χ4n) is 2.14. The van der Waals surface area contributed by atoms with Crippen molar-refractivity contribution >= 4 is 0 Å². The number of hydrogen-bond donors (Lipinski definition) is 1. The lowest BCUT2D eigenvalue weighted by atomic mass is 10.1. The van der Waals surface area contributed by atoms with Crippen LogP contribution in [0, 0.1) is 0 Å². The number of H-pyrrole nitrogens is 1. The van der Waals surface area contributed by atoms with Gasteiger partial charge in [-0.3, -0.25) is 0 Å². The van der Waals surface area contributed by atoms with Crippen LogP contribution < -0.4 is 0 Å². The molecule has 0 aliphatic carbocycles. The molecule has 0 aliphatic rings. The quantitative estimate of drug-likeness (QED) is 0.707. The van der Waals surface area contributed by atoms with Gasteiger partial charge in [-0.05, 0) is 12.8 Å². The van der Waals surface area contributed by atoms with Crippen molar-refractivity contribution in [3.8, 4) is 11.4 Å². The minimum atomic E-state index is 0.985. The van der Waals surface area contributed by atoms with Gasteiger partial charge < -0.3 is 4.98 Å². The van der Waals surface area contributed by atoms with Gasteiger partial charge in [0.05, 0.1) is 5.69 Å². The smallest absolute Gasteiger partial charge is 0.137 e. The summed E-state index contributed by atoms with van der Waals surface area (Å²) in [6.45, 7) is 2.25. The van der Waals surface area contributed by atoms with Crippen molar-refractivity contribution < 1.29 is 0 Å². The van der Waals surface area contributed by atoms with E-state index in [2.05, 4.69) is 29.0 Å². The maximum Gasteiger partial charge on any atom is 0.137 e. The van der Waals surface area contributed by atoms with Crippen LogP contribution in [0.5, 0.6) is 0 Å². The highest BCUT2D eigenvalue weighted by atomic mass is 14.9. The Morgan fingerprint density at radius 2 is 1.78 bits per heavy atom. The monoisotopic (exact) mass is 242 g/mol. The van der Waals surface area contributed by atoms with E-state index in [4.69, 9.17) is 0 Å². The van der Waals surface area contributed by atoms with Gasteiger partial charge in [-0.2, -0.15) is 0 Å². The molecule has 1 heterocycles. The van der Waals surface area contributed by atoms with Crippen molar-refractivity contribution in [2.75, 3.05) is 0 Å². The highest BCUT2D eigenvalue weighted by Crippen LogP contribution is 2.16. The zero-order valence-corrected chi connectivity index (χ0v) is 11.2. The van der Waals surface area contributed by atoms with E-state index in [1.807, 2.05) is 24.4 Å². The largest absolute Gasteiger partial charge is 0.344 e. The third-order valence-electron chi connectivity index (χ3n) is 3.21. The SMILES string of the molecule is CCCCCCCc1c[nH]c(-c2ccccc2)n1. The van der Waals surface area contributed by atoms with Gasteiger partial charge in [0.25, 0.3) is 0 Å². The Morgan fingerprint density at radius 3 is 2.56 bits per heavy atom. The molecule has 1 aromatic carbocycles. The molecule has 0 radical (unpaired) electrons. The molecule has 0 aliphatic heterocycles. The number of rotatable bonds is 7. The standard InChI is InChI=1S/C16H22N2/c1-2-3-4-5-9-12-15-13-17-16(18-15)14-10-7-6-8-11-14/h6-8,10-11,13H,2-5,9,12H2,1H3,(H,17,18). The van der Waals surface area contributed by atoms with Crippen LogP contribution in [0.25, 0.3) is 11.4 Å². The van der Waals surface area contributed by atoms with E-state index >= 15 is 0 Å². The molecule has 0 saturated carbocycles. The van der Waals surface area contributed by atoms with Crippen LogP contribution in [0.4, 0.5) is 0 Å². The third kappa shape index (κ3) is 3.73. The van der Waals surface area contributed by atoms with Crippen LogP contribution in [-0.2, 0) is 6.42 Å². The minimum Gasteiger partial charge on any atom is -0.344 e. The van der Waals surface area contributed by atoms with Crippen LogP contribution in [0.1, 0.15) is 44.7 Å². The van der Waals surface area contributed by atoms with E-state index in [0.717, 1.165) is 17.8 Å². The Balaban J connectivity index is 1.83. The summed E-state index contributed by atoms with van der Waals surface area (Å²) < 4.78 is 0. The fraction of sp³-hybridized carbons (Fsp3) is 0.438. The summed E-state index contributed by atoms with van der Waals surface area (Å²) in [6, 6.07) is 10.3. The number of aromatic amines is 1. The van der Waals surface area contributed by atoms with Gasteiger partial charge >= 0.3 is 0 Å². The summed E-state index contributed by atoms with van der Waals surface area (Å²) in [6.07, 6.45) is 9.72. The molecule has 2 nitrogen and oxygen atoms in total. The number of nitrogens with one attached hydrogen (secondary N) is 1. The summed E-state index contributed by atoms with van der Waals surface area (Å²) in [5.41, 5.74) is 2.35.